The zero-order valence-corrected chi connectivity index (χ0v) is 12.9. The van der Waals surface area contributed by atoms with E-state index in [0.29, 0.717) is 10.2 Å². The summed E-state index contributed by atoms with van der Waals surface area (Å²) in [5.74, 6) is 0.622. The Hall–Kier alpha value is -1.37. The Bertz CT molecular complexity index is 634. The van der Waals surface area contributed by atoms with Gasteiger partial charge in [-0.15, -0.1) is 11.8 Å². The van der Waals surface area contributed by atoms with E-state index in [2.05, 4.69) is 15.9 Å². The van der Waals surface area contributed by atoms with Gasteiger partial charge in [0.15, 0.2) is 0 Å². The quantitative estimate of drug-likeness (QED) is 0.498. The van der Waals surface area contributed by atoms with Crippen molar-refractivity contribution in [2.45, 2.75) is 17.3 Å². The molecule has 4 nitrogen and oxygen atoms in total. The van der Waals surface area contributed by atoms with E-state index < -0.39 is 4.92 Å². The van der Waals surface area contributed by atoms with Gasteiger partial charge in [-0.3, -0.25) is 10.1 Å². The third-order valence-corrected chi connectivity index (χ3v) is 4.69. The van der Waals surface area contributed by atoms with Crippen LogP contribution in [-0.4, -0.2) is 10.0 Å². The monoisotopic (exact) mass is 353 g/mol. The molecular weight excluding hydrogens is 342 g/mol. The van der Waals surface area contributed by atoms with Gasteiger partial charge in [0.25, 0.3) is 5.69 Å². The van der Waals surface area contributed by atoms with Gasteiger partial charge in [0.1, 0.15) is 0 Å². The SMILES string of the molecule is O=[N+]([O-])c1cccc(CSc2cccc(CO)c2)c1Br. The summed E-state index contributed by atoms with van der Waals surface area (Å²) >= 11 is 4.86. The molecule has 0 bridgehead atoms. The molecule has 20 heavy (non-hydrogen) atoms. The highest BCUT2D eigenvalue weighted by Crippen LogP contribution is 2.32. The lowest BCUT2D eigenvalue weighted by atomic mass is 10.2. The average Bonchev–Trinajstić information content (AvgIpc) is 2.46. The van der Waals surface area contributed by atoms with Gasteiger partial charge in [-0.25, -0.2) is 0 Å². The summed E-state index contributed by atoms with van der Waals surface area (Å²) in [5, 5.41) is 20.0. The van der Waals surface area contributed by atoms with Gasteiger partial charge in [0.05, 0.1) is 16.0 Å². The number of nitrogens with zero attached hydrogens (tertiary/aromatic N) is 1. The minimum atomic E-state index is -0.398. The molecule has 0 radical (unpaired) electrons. The first-order valence-electron chi connectivity index (χ1n) is 5.86. The van der Waals surface area contributed by atoms with E-state index in [0.717, 1.165) is 16.0 Å². The average molecular weight is 354 g/mol. The number of hydrogen-bond acceptors (Lipinski definition) is 4. The predicted octanol–water partition coefficient (Wildman–Crippen LogP) is 4.14. The minimum absolute atomic E-state index is 0.00883. The maximum absolute atomic E-state index is 10.9. The highest BCUT2D eigenvalue weighted by atomic mass is 79.9. The molecule has 0 aliphatic carbocycles. The molecule has 2 aromatic rings. The van der Waals surface area contributed by atoms with Gasteiger partial charge in [-0.1, -0.05) is 24.3 Å². The van der Waals surface area contributed by atoms with E-state index in [4.69, 9.17) is 5.11 Å². The fourth-order valence-corrected chi connectivity index (χ4v) is 3.42. The van der Waals surface area contributed by atoms with Crippen molar-refractivity contribution in [1.82, 2.24) is 0 Å². The van der Waals surface area contributed by atoms with Gasteiger partial charge in [-0.2, -0.15) is 0 Å². The third kappa shape index (κ3) is 3.59. The first-order chi connectivity index (χ1) is 9.61. The predicted molar refractivity (Wildman–Crippen MR) is 82.7 cm³/mol. The van der Waals surface area contributed by atoms with Crippen LogP contribution in [0.2, 0.25) is 0 Å². The molecule has 1 N–H and O–H groups in total. The molecule has 0 fully saturated rings. The Morgan fingerprint density at radius 2 is 2.00 bits per heavy atom. The summed E-state index contributed by atoms with van der Waals surface area (Å²) in [6.45, 7) is 0.00883. The number of halogens is 1. The number of nitro groups is 1. The van der Waals surface area contributed by atoms with Crippen molar-refractivity contribution >= 4 is 33.4 Å². The van der Waals surface area contributed by atoms with E-state index >= 15 is 0 Å². The van der Waals surface area contributed by atoms with Crippen molar-refractivity contribution in [2.75, 3.05) is 0 Å². The molecule has 0 unspecified atom stereocenters. The maximum Gasteiger partial charge on any atom is 0.283 e. The number of hydrogen-bond donors (Lipinski definition) is 1. The Morgan fingerprint density at radius 1 is 1.25 bits per heavy atom. The van der Waals surface area contributed by atoms with Crippen molar-refractivity contribution in [3.63, 3.8) is 0 Å². The van der Waals surface area contributed by atoms with Gasteiger partial charge in [0, 0.05) is 16.7 Å². The van der Waals surface area contributed by atoms with E-state index in [-0.39, 0.29) is 12.3 Å². The first kappa shape index (κ1) is 15.0. The second-order valence-electron chi connectivity index (χ2n) is 4.10. The number of benzene rings is 2. The Morgan fingerprint density at radius 3 is 2.70 bits per heavy atom. The second kappa shape index (κ2) is 6.88. The Labute approximate surface area is 129 Å². The van der Waals surface area contributed by atoms with Crippen molar-refractivity contribution in [3.8, 4) is 0 Å². The molecule has 0 saturated carbocycles. The van der Waals surface area contributed by atoms with Crippen LogP contribution in [0, 0.1) is 10.1 Å². The fourth-order valence-electron chi connectivity index (χ4n) is 1.71. The van der Waals surface area contributed by atoms with Gasteiger partial charge in [-0.05, 0) is 39.2 Å². The van der Waals surface area contributed by atoms with Crippen LogP contribution in [0.5, 0.6) is 0 Å². The van der Waals surface area contributed by atoms with Crippen LogP contribution in [0.15, 0.2) is 51.8 Å². The molecule has 0 aromatic heterocycles. The fraction of sp³-hybridized carbons (Fsp3) is 0.143. The summed E-state index contributed by atoms with van der Waals surface area (Å²) in [4.78, 5) is 11.5. The molecule has 0 heterocycles. The van der Waals surface area contributed by atoms with Gasteiger partial charge >= 0.3 is 0 Å². The van der Waals surface area contributed by atoms with E-state index in [1.54, 1.807) is 17.8 Å². The van der Waals surface area contributed by atoms with Crippen molar-refractivity contribution < 1.29 is 10.0 Å². The maximum atomic E-state index is 10.9. The molecule has 0 aliphatic heterocycles. The van der Waals surface area contributed by atoms with Crippen LogP contribution in [0.3, 0.4) is 0 Å². The smallest absolute Gasteiger partial charge is 0.283 e. The summed E-state index contributed by atoms with van der Waals surface area (Å²) in [7, 11) is 0. The molecule has 0 atom stereocenters. The zero-order chi connectivity index (χ0) is 14.5. The highest BCUT2D eigenvalue weighted by molar-refractivity contribution is 9.10. The number of aliphatic hydroxyl groups is 1. The van der Waals surface area contributed by atoms with Crippen molar-refractivity contribution in [3.05, 3.63) is 68.2 Å². The number of thioether (sulfide) groups is 1. The number of aliphatic hydroxyl groups excluding tert-OH is 1. The normalized spacial score (nSPS) is 10.5. The molecule has 2 aromatic carbocycles. The van der Waals surface area contributed by atoms with Crippen LogP contribution < -0.4 is 0 Å². The lowest BCUT2D eigenvalue weighted by Crippen LogP contribution is -1.92. The minimum Gasteiger partial charge on any atom is -0.392 e. The van der Waals surface area contributed by atoms with Crippen LogP contribution in [0.25, 0.3) is 0 Å². The molecule has 0 spiro atoms. The van der Waals surface area contributed by atoms with E-state index in [1.807, 2.05) is 30.3 Å². The lowest BCUT2D eigenvalue weighted by Gasteiger charge is -2.06. The van der Waals surface area contributed by atoms with Crippen LogP contribution >= 0.6 is 27.7 Å². The third-order valence-electron chi connectivity index (χ3n) is 2.73. The lowest BCUT2D eigenvalue weighted by molar-refractivity contribution is -0.385. The summed E-state index contributed by atoms with van der Waals surface area (Å²) in [5.41, 5.74) is 1.80. The molecule has 0 aliphatic rings. The summed E-state index contributed by atoms with van der Waals surface area (Å²) in [6.07, 6.45) is 0. The molecule has 2 rings (SSSR count). The van der Waals surface area contributed by atoms with E-state index in [1.165, 1.54) is 6.07 Å². The number of nitro benzene ring substituents is 1. The van der Waals surface area contributed by atoms with Crippen LogP contribution in [-0.2, 0) is 12.4 Å². The summed E-state index contributed by atoms with van der Waals surface area (Å²) in [6, 6.07) is 12.6. The molecule has 104 valence electrons. The van der Waals surface area contributed by atoms with Gasteiger partial charge < -0.3 is 5.11 Å². The second-order valence-corrected chi connectivity index (χ2v) is 5.94. The van der Waals surface area contributed by atoms with Crippen LogP contribution in [0.1, 0.15) is 11.1 Å². The first-order valence-corrected chi connectivity index (χ1v) is 7.64. The molecule has 0 saturated heterocycles. The largest absolute Gasteiger partial charge is 0.392 e. The Balaban J connectivity index is 2.14. The molecule has 0 amide bonds. The van der Waals surface area contributed by atoms with Crippen LogP contribution in [0.4, 0.5) is 5.69 Å². The highest BCUT2D eigenvalue weighted by Gasteiger charge is 2.14. The topological polar surface area (TPSA) is 63.4 Å². The zero-order valence-electron chi connectivity index (χ0n) is 10.5. The number of rotatable bonds is 5. The van der Waals surface area contributed by atoms with Gasteiger partial charge in [0.2, 0.25) is 0 Å². The summed E-state index contributed by atoms with van der Waals surface area (Å²) < 4.78 is 0.524. The Kier molecular flexibility index (Phi) is 5.17. The molecular formula is C14H12BrNO3S. The van der Waals surface area contributed by atoms with Crippen molar-refractivity contribution in [1.29, 1.82) is 0 Å². The van der Waals surface area contributed by atoms with Crippen molar-refractivity contribution in [2.24, 2.45) is 0 Å². The molecule has 6 heteroatoms. The van der Waals surface area contributed by atoms with E-state index in [9.17, 15) is 10.1 Å². The standard InChI is InChI=1S/C14H12BrNO3S/c15-14-11(4-2-6-13(14)16(18)19)9-20-12-5-1-3-10(7-12)8-17/h1-7,17H,8-9H2.